The summed E-state index contributed by atoms with van der Waals surface area (Å²) in [4.78, 5) is -0.0696. The van der Waals surface area contributed by atoms with Crippen molar-refractivity contribution in [1.29, 1.82) is 0 Å². The Morgan fingerprint density at radius 1 is 0.960 bits per heavy atom. The van der Waals surface area contributed by atoms with Gasteiger partial charge in [-0.25, -0.2) is 21.6 Å². The Hall–Kier alpha value is -2.52. The minimum atomic E-state index is -4.22. The van der Waals surface area contributed by atoms with E-state index in [0.717, 1.165) is 4.31 Å². The molecule has 7 N–H and O–H groups in total. The molecule has 1 aliphatic carbocycles. The molecule has 2 aliphatic heterocycles. The largest absolute Gasteiger partial charge is 0.467 e. The molecule has 3 aliphatic rings. The van der Waals surface area contributed by atoms with Crippen molar-refractivity contribution in [3.8, 4) is 0 Å². The number of hydrogen-bond donors (Lipinski definition) is 6. The summed E-state index contributed by atoms with van der Waals surface area (Å²) >= 11 is 0. The number of aliphatic hydroxyl groups excluding tert-OH is 2. The number of likely N-dealkylation sites (N-methyl/N-ethyl adjacent to an activating group) is 2. The van der Waals surface area contributed by atoms with Crippen LogP contribution in [-0.2, 0) is 39.0 Å². The molecule has 2 fully saturated rings. The zero-order valence-corrected chi connectivity index (χ0v) is 30.0. The van der Waals surface area contributed by atoms with Crippen molar-refractivity contribution in [2.75, 3.05) is 27.2 Å². The molecule has 278 valence electrons. The summed E-state index contributed by atoms with van der Waals surface area (Å²) in [5.74, 6) is 0.167. The number of rotatable bonds is 12. The third kappa shape index (κ3) is 8.24. The minimum Gasteiger partial charge on any atom is -0.467 e. The molecule has 11 atom stereocenters. The van der Waals surface area contributed by atoms with Crippen LogP contribution < -0.4 is 15.8 Å². The molecular formula is C33H48N4O11S2. The number of aliphatic hydroxyl groups is 3. The molecule has 0 aromatic heterocycles. The number of sulfonamides is 2. The summed E-state index contributed by atoms with van der Waals surface area (Å²) in [6.45, 7) is 3.09. The van der Waals surface area contributed by atoms with Crippen LogP contribution in [-0.4, -0.2) is 124 Å². The van der Waals surface area contributed by atoms with Crippen molar-refractivity contribution in [3.05, 3.63) is 72.5 Å². The van der Waals surface area contributed by atoms with E-state index in [1.54, 1.807) is 50.4 Å². The van der Waals surface area contributed by atoms with E-state index in [2.05, 4.69) is 10.0 Å². The summed E-state index contributed by atoms with van der Waals surface area (Å²) in [5.41, 5.74) is 4.45. The van der Waals surface area contributed by atoms with Crippen molar-refractivity contribution < 1.29 is 51.1 Å². The van der Waals surface area contributed by atoms with Crippen LogP contribution in [0.1, 0.15) is 26.7 Å². The van der Waals surface area contributed by atoms with Crippen LogP contribution in [0.5, 0.6) is 0 Å². The third-order valence-electron chi connectivity index (χ3n) is 9.38. The lowest BCUT2D eigenvalue weighted by Gasteiger charge is -2.50. The van der Waals surface area contributed by atoms with Gasteiger partial charge in [-0.3, -0.25) is 0 Å². The first-order valence-corrected chi connectivity index (χ1v) is 19.4. The molecule has 2 aromatic carbocycles. The minimum absolute atomic E-state index is 0.0116. The average molecular weight is 741 g/mol. The van der Waals surface area contributed by atoms with Crippen LogP contribution in [0.25, 0.3) is 0 Å². The van der Waals surface area contributed by atoms with E-state index in [9.17, 15) is 32.2 Å². The Balaban J connectivity index is 1.44. The maximum absolute atomic E-state index is 13.6. The fourth-order valence-corrected chi connectivity index (χ4v) is 9.54. The summed E-state index contributed by atoms with van der Waals surface area (Å²) < 4.78 is 81.9. The standard InChI is InChI=1S/C33H48N4O11S2/c1-20-17-25(36-49(41,42)22-11-7-5-8-12-22)29(26(38)28(20)47-31-24(34)16-15-21(46-31)18-35-3)48-32-27(39)30(33(2,40)19-45-32)37(4)50(43,44)23-13-9-6-10-14-23/h5-15,20,24-32,35-36,38-40H,16-19,34H2,1-4H3/t20-,24+,25+,26-,27+,28+,29-,30+,31+,32+,33-/m0/s1. The Bertz CT molecular complexity index is 1680. The van der Waals surface area contributed by atoms with Gasteiger partial charge in [0.1, 0.15) is 29.7 Å². The van der Waals surface area contributed by atoms with E-state index < -0.39 is 93.3 Å². The summed E-state index contributed by atoms with van der Waals surface area (Å²) in [5, 5.41) is 37.8. The number of hydrogen-bond acceptors (Lipinski definition) is 13. The zero-order chi connectivity index (χ0) is 36.4. The van der Waals surface area contributed by atoms with Crippen LogP contribution in [0.2, 0.25) is 0 Å². The van der Waals surface area contributed by atoms with Crippen molar-refractivity contribution in [2.24, 2.45) is 11.7 Å². The fourth-order valence-electron chi connectivity index (χ4n) is 6.78. The molecular weight excluding hydrogens is 693 g/mol. The summed E-state index contributed by atoms with van der Waals surface area (Å²) in [7, 11) is -5.35. The van der Waals surface area contributed by atoms with Gasteiger partial charge in [-0.1, -0.05) is 43.3 Å². The van der Waals surface area contributed by atoms with Crippen LogP contribution >= 0.6 is 0 Å². The van der Waals surface area contributed by atoms with Crippen molar-refractivity contribution in [1.82, 2.24) is 14.3 Å². The SMILES string of the molecule is CNCC1=CC[C@@H](N)[C@@H](O[C@H]2[C@H](O)[C@@H](O[C@H]3OC[C@](C)(O)[C@H](N(C)S(=O)(=O)c4ccccc4)[C@H]3O)[C@H](NS(=O)(=O)c3ccccc3)C[C@@H]2C)O1. The maximum Gasteiger partial charge on any atom is 0.243 e. The zero-order valence-electron chi connectivity index (χ0n) is 28.4. The normalized spacial score (nSPS) is 35.3. The highest BCUT2D eigenvalue weighted by Crippen LogP contribution is 2.37. The van der Waals surface area contributed by atoms with Gasteiger partial charge in [0.25, 0.3) is 0 Å². The topological polar surface area (TPSA) is 219 Å². The molecule has 15 nitrogen and oxygen atoms in total. The molecule has 0 unspecified atom stereocenters. The van der Waals surface area contributed by atoms with E-state index >= 15 is 0 Å². The van der Waals surface area contributed by atoms with Gasteiger partial charge in [0.05, 0.1) is 47.2 Å². The van der Waals surface area contributed by atoms with Gasteiger partial charge < -0.3 is 45.3 Å². The first-order valence-electron chi connectivity index (χ1n) is 16.4. The van der Waals surface area contributed by atoms with Crippen LogP contribution in [0.4, 0.5) is 0 Å². The van der Waals surface area contributed by atoms with Crippen LogP contribution in [0.3, 0.4) is 0 Å². The summed E-state index contributed by atoms with van der Waals surface area (Å²) in [6, 6.07) is 12.1. The monoisotopic (exact) mass is 740 g/mol. The average Bonchev–Trinajstić information content (AvgIpc) is 3.07. The second-order valence-electron chi connectivity index (χ2n) is 13.3. The molecule has 0 bridgehead atoms. The first kappa shape index (κ1) is 38.7. The number of benzene rings is 2. The van der Waals surface area contributed by atoms with E-state index in [-0.39, 0.29) is 16.2 Å². The van der Waals surface area contributed by atoms with E-state index in [1.807, 2.05) is 6.08 Å². The lowest BCUT2D eigenvalue weighted by Crippen LogP contribution is -2.68. The fraction of sp³-hybridized carbons (Fsp3) is 0.576. The lowest BCUT2D eigenvalue weighted by molar-refractivity contribution is -0.310. The second-order valence-corrected chi connectivity index (χ2v) is 17.1. The second kappa shape index (κ2) is 15.6. The van der Waals surface area contributed by atoms with Crippen LogP contribution in [0.15, 0.2) is 82.3 Å². The third-order valence-corrected chi connectivity index (χ3v) is 12.7. The van der Waals surface area contributed by atoms with Gasteiger partial charge in [-0.05, 0) is 63.1 Å². The van der Waals surface area contributed by atoms with Crippen molar-refractivity contribution in [2.45, 2.75) is 97.2 Å². The number of nitrogens with one attached hydrogen (secondary N) is 2. The first-order chi connectivity index (χ1) is 23.6. The summed E-state index contributed by atoms with van der Waals surface area (Å²) in [6.07, 6.45) is -5.77. The smallest absolute Gasteiger partial charge is 0.243 e. The molecule has 2 aromatic rings. The van der Waals surface area contributed by atoms with Crippen molar-refractivity contribution in [3.63, 3.8) is 0 Å². The molecule has 0 amide bonds. The Kier molecular flexibility index (Phi) is 12.1. The number of nitrogens with zero attached hydrogens (tertiary/aromatic N) is 1. The van der Waals surface area contributed by atoms with Gasteiger partial charge in [-0.2, -0.15) is 4.31 Å². The van der Waals surface area contributed by atoms with Crippen LogP contribution in [0, 0.1) is 5.92 Å². The Morgan fingerprint density at radius 2 is 1.56 bits per heavy atom. The highest BCUT2D eigenvalue weighted by atomic mass is 32.2. The Labute approximate surface area is 293 Å². The maximum atomic E-state index is 13.6. The van der Waals surface area contributed by atoms with Gasteiger partial charge in [0, 0.05) is 7.05 Å². The highest BCUT2D eigenvalue weighted by molar-refractivity contribution is 7.89. The molecule has 0 radical (unpaired) electrons. The number of ether oxygens (including phenoxy) is 4. The van der Waals surface area contributed by atoms with Crippen molar-refractivity contribution >= 4 is 20.0 Å². The predicted molar refractivity (Wildman–Crippen MR) is 181 cm³/mol. The molecule has 5 rings (SSSR count). The van der Waals surface area contributed by atoms with E-state index in [1.165, 1.54) is 38.2 Å². The number of nitrogens with two attached hydrogens (primary N) is 1. The van der Waals surface area contributed by atoms with Gasteiger partial charge in [0.2, 0.25) is 26.3 Å². The van der Waals surface area contributed by atoms with E-state index in [4.69, 9.17) is 24.7 Å². The molecule has 0 spiro atoms. The molecule has 17 heteroatoms. The lowest BCUT2D eigenvalue weighted by atomic mass is 9.80. The predicted octanol–water partition coefficient (Wildman–Crippen LogP) is -0.161. The van der Waals surface area contributed by atoms with Gasteiger partial charge in [0.15, 0.2) is 6.29 Å². The highest BCUT2D eigenvalue weighted by Gasteiger charge is 2.54. The molecule has 50 heavy (non-hydrogen) atoms. The van der Waals surface area contributed by atoms with Gasteiger partial charge >= 0.3 is 0 Å². The van der Waals surface area contributed by atoms with E-state index in [0.29, 0.717) is 18.7 Å². The molecule has 1 saturated carbocycles. The Morgan fingerprint density at radius 3 is 2.18 bits per heavy atom. The quantitative estimate of drug-likeness (QED) is 0.167. The van der Waals surface area contributed by atoms with Gasteiger partial charge in [-0.15, -0.1) is 0 Å². The molecule has 2 heterocycles. The molecule has 1 saturated heterocycles.